The number of carbonyl (C=O) groups is 2. The zero-order valence-corrected chi connectivity index (χ0v) is 12.6. The van der Waals surface area contributed by atoms with Gasteiger partial charge in [-0.05, 0) is 26.3 Å². The molecule has 0 unspecified atom stereocenters. The van der Waals surface area contributed by atoms with E-state index >= 15 is 0 Å². The summed E-state index contributed by atoms with van der Waals surface area (Å²) in [5.74, 6) is -1.68. The van der Waals surface area contributed by atoms with Crippen molar-refractivity contribution < 1.29 is 14.7 Å². The van der Waals surface area contributed by atoms with Gasteiger partial charge in [0.2, 0.25) is 0 Å². The second-order valence-electron chi connectivity index (χ2n) is 4.98. The third-order valence-corrected chi connectivity index (χ3v) is 3.35. The molecule has 0 radical (unpaired) electrons. The Balaban J connectivity index is 2.30. The third kappa shape index (κ3) is 3.28. The molecule has 6 heteroatoms. The predicted molar refractivity (Wildman–Crippen MR) is 80.5 cm³/mol. The average molecular weight is 299 g/mol. The number of aryl methyl sites for hydroxylation is 3. The van der Waals surface area contributed by atoms with E-state index in [1.165, 1.54) is 0 Å². The molecule has 0 saturated carbocycles. The van der Waals surface area contributed by atoms with Crippen molar-refractivity contribution in [1.29, 1.82) is 0 Å². The van der Waals surface area contributed by atoms with Crippen LogP contribution in [0.4, 0.5) is 0 Å². The van der Waals surface area contributed by atoms with E-state index in [1.807, 2.05) is 0 Å². The number of rotatable bonds is 4. The topological polar surface area (TPSA) is 92.2 Å². The summed E-state index contributed by atoms with van der Waals surface area (Å²) in [6.07, 6.45) is 0. The normalized spacial score (nSPS) is 11.8. The van der Waals surface area contributed by atoms with E-state index < -0.39 is 17.9 Å². The van der Waals surface area contributed by atoms with Crippen molar-refractivity contribution in [1.82, 2.24) is 15.3 Å². The number of nitrogens with one attached hydrogen (secondary N) is 1. The van der Waals surface area contributed by atoms with Crippen LogP contribution in [0.15, 0.2) is 30.3 Å². The van der Waals surface area contributed by atoms with Gasteiger partial charge >= 0.3 is 5.97 Å². The first-order valence-corrected chi connectivity index (χ1v) is 6.80. The lowest BCUT2D eigenvalue weighted by Gasteiger charge is -2.15. The molecule has 22 heavy (non-hydrogen) atoms. The molecule has 1 atom stereocenters. The maximum atomic E-state index is 12.3. The minimum atomic E-state index is -1.13. The van der Waals surface area contributed by atoms with E-state index in [2.05, 4.69) is 15.3 Å². The highest BCUT2D eigenvalue weighted by molar-refractivity contribution is 5.96. The second-order valence-corrected chi connectivity index (χ2v) is 4.98. The van der Waals surface area contributed by atoms with Crippen LogP contribution in [-0.4, -0.2) is 27.0 Å². The fourth-order valence-corrected chi connectivity index (χ4v) is 2.06. The lowest BCUT2D eigenvalue weighted by atomic mass is 10.1. The van der Waals surface area contributed by atoms with Gasteiger partial charge in [-0.3, -0.25) is 9.78 Å². The Morgan fingerprint density at radius 2 is 1.59 bits per heavy atom. The first-order valence-electron chi connectivity index (χ1n) is 6.80. The van der Waals surface area contributed by atoms with Crippen molar-refractivity contribution >= 4 is 11.9 Å². The molecule has 2 N–H and O–H groups in total. The molecule has 1 aromatic heterocycles. The van der Waals surface area contributed by atoms with Crippen molar-refractivity contribution in [2.24, 2.45) is 0 Å². The summed E-state index contributed by atoms with van der Waals surface area (Å²) in [5, 5.41) is 11.8. The predicted octanol–water partition coefficient (Wildman–Crippen LogP) is 1.96. The maximum Gasteiger partial charge on any atom is 0.330 e. The van der Waals surface area contributed by atoms with Gasteiger partial charge in [0, 0.05) is 0 Å². The quantitative estimate of drug-likeness (QED) is 0.900. The van der Waals surface area contributed by atoms with Gasteiger partial charge in [0.25, 0.3) is 5.91 Å². The maximum absolute atomic E-state index is 12.3. The number of carboxylic acids is 1. The second kappa shape index (κ2) is 6.34. The third-order valence-electron chi connectivity index (χ3n) is 3.35. The van der Waals surface area contributed by atoms with Crippen LogP contribution in [-0.2, 0) is 4.79 Å². The lowest BCUT2D eigenvalue weighted by molar-refractivity contribution is -0.139. The fraction of sp³-hybridized carbons (Fsp3) is 0.250. The molecule has 0 spiro atoms. The molecule has 6 nitrogen and oxygen atoms in total. The van der Waals surface area contributed by atoms with Gasteiger partial charge in [-0.15, -0.1) is 0 Å². The van der Waals surface area contributed by atoms with Crippen LogP contribution in [0.5, 0.6) is 0 Å². The van der Waals surface area contributed by atoms with Gasteiger partial charge in [-0.25, -0.2) is 9.78 Å². The fourth-order valence-electron chi connectivity index (χ4n) is 2.06. The summed E-state index contributed by atoms with van der Waals surface area (Å²) in [7, 11) is 0. The Labute approximate surface area is 128 Å². The molecule has 0 aliphatic carbocycles. The summed E-state index contributed by atoms with van der Waals surface area (Å²) in [5.41, 5.74) is 2.50. The first kappa shape index (κ1) is 15.6. The molecular formula is C16H17N3O3. The zero-order valence-electron chi connectivity index (χ0n) is 12.6. The van der Waals surface area contributed by atoms with Crippen LogP contribution in [0.3, 0.4) is 0 Å². The van der Waals surface area contributed by atoms with Crippen LogP contribution >= 0.6 is 0 Å². The summed E-state index contributed by atoms with van der Waals surface area (Å²) < 4.78 is 0. The summed E-state index contributed by atoms with van der Waals surface area (Å²) in [6.45, 7) is 5.23. The smallest absolute Gasteiger partial charge is 0.330 e. The van der Waals surface area contributed by atoms with Crippen LogP contribution < -0.4 is 5.32 Å². The van der Waals surface area contributed by atoms with Crippen LogP contribution in [0.1, 0.15) is 39.2 Å². The molecule has 2 aromatic rings. The van der Waals surface area contributed by atoms with E-state index in [0.29, 0.717) is 17.0 Å². The van der Waals surface area contributed by atoms with E-state index in [-0.39, 0.29) is 5.69 Å². The molecule has 2 rings (SSSR count). The number of hydrogen-bond donors (Lipinski definition) is 2. The molecule has 114 valence electrons. The van der Waals surface area contributed by atoms with Gasteiger partial charge in [0.1, 0.15) is 5.69 Å². The van der Waals surface area contributed by atoms with Gasteiger partial charge in [0.05, 0.1) is 17.1 Å². The van der Waals surface area contributed by atoms with Crippen LogP contribution in [0, 0.1) is 20.8 Å². The zero-order chi connectivity index (χ0) is 16.3. The van der Waals surface area contributed by atoms with Crippen molar-refractivity contribution in [3.8, 4) is 0 Å². The number of aromatic nitrogens is 2. The van der Waals surface area contributed by atoms with Crippen molar-refractivity contribution in [2.45, 2.75) is 26.8 Å². The van der Waals surface area contributed by atoms with Gasteiger partial charge in [-0.1, -0.05) is 30.3 Å². The lowest BCUT2D eigenvalue weighted by Crippen LogP contribution is -2.35. The van der Waals surface area contributed by atoms with Gasteiger partial charge in [-0.2, -0.15) is 0 Å². The number of benzene rings is 1. The largest absolute Gasteiger partial charge is 0.479 e. The van der Waals surface area contributed by atoms with Gasteiger partial charge in [0.15, 0.2) is 6.04 Å². The Morgan fingerprint density at radius 3 is 2.18 bits per heavy atom. The van der Waals surface area contributed by atoms with E-state index in [1.54, 1.807) is 51.1 Å². The molecule has 1 amide bonds. The number of aliphatic carboxylic acids is 1. The standard InChI is InChI=1S/C16H17N3O3/c1-9-10(2)18-13(11(3)17-9)15(20)19-14(16(21)22)12-7-5-4-6-8-12/h4-8,14H,1-3H3,(H,19,20)(H,21,22)/t14-/m0/s1. The number of amides is 1. The summed E-state index contributed by atoms with van der Waals surface area (Å²) in [4.78, 5) is 32.2. The highest BCUT2D eigenvalue weighted by Gasteiger charge is 2.24. The van der Waals surface area contributed by atoms with Crippen molar-refractivity contribution in [3.05, 3.63) is 58.7 Å². The van der Waals surface area contributed by atoms with E-state index in [0.717, 1.165) is 5.69 Å². The molecule has 0 bridgehead atoms. The minimum Gasteiger partial charge on any atom is -0.479 e. The summed E-state index contributed by atoms with van der Waals surface area (Å²) >= 11 is 0. The monoisotopic (exact) mass is 299 g/mol. The van der Waals surface area contributed by atoms with Gasteiger partial charge < -0.3 is 10.4 Å². The number of nitrogens with zero attached hydrogens (tertiary/aromatic N) is 2. The number of carboxylic acid groups (broad SMARTS) is 1. The minimum absolute atomic E-state index is 0.144. The first-order chi connectivity index (χ1) is 10.4. The Hall–Kier alpha value is -2.76. The Kier molecular flexibility index (Phi) is 4.50. The van der Waals surface area contributed by atoms with Crippen LogP contribution in [0.25, 0.3) is 0 Å². The molecule has 1 aromatic carbocycles. The number of carbonyl (C=O) groups excluding carboxylic acids is 1. The highest BCUT2D eigenvalue weighted by Crippen LogP contribution is 2.14. The van der Waals surface area contributed by atoms with E-state index in [4.69, 9.17) is 0 Å². The molecule has 1 heterocycles. The van der Waals surface area contributed by atoms with Crippen LogP contribution in [0.2, 0.25) is 0 Å². The molecule has 0 saturated heterocycles. The molecule has 0 aliphatic heterocycles. The number of hydrogen-bond acceptors (Lipinski definition) is 4. The Bertz CT molecular complexity index is 714. The van der Waals surface area contributed by atoms with E-state index in [9.17, 15) is 14.7 Å². The molecular weight excluding hydrogens is 282 g/mol. The Morgan fingerprint density at radius 1 is 1.00 bits per heavy atom. The van der Waals surface area contributed by atoms with Crippen molar-refractivity contribution in [2.75, 3.05) is 0 Å². The summed E-state index contributed by atoms with van der Waals surface area (Å²) in [6, 6.07) is 7.40. The SMILES string of the molecule is Cc1nc(C)c(C(=O)N[C@H](C(=O)O)c2ccccc2)nc1C. The molecule has 0 aliphatic rings. The average Bonchev–Trinajstić information content (AvgIpc) is 2.48. The molecule has 0 fully saturated rings. The highest BCUT2D eigenvalue weighted by atomic mass is 16.4. The van der Waals surface area contributed by atoms with Crippen molar-refractivity contribution in [3.63, 3.8) is 0 Å².